The number of hydrogen-bond acceptors (Lipinski definition) is 4. The van der Waals surface area contributed by atoms with E-state index in [9.17, 15) is 9.59 Å². The van der Waals surface area contributed by atoms with E-state index in [-0.39, 0.29) is 30.6 Å². The molecule has 0 rings (SSSR count). The van der Waals surface area contributed by atoms with Gasteiger partial charge in [-0.05, 0) is 13.3 Å². The highest BCUT2D eigenvalue weighted by Gasteiger charge is 2.21. The fourth-order valence-electron chi connectivity index (χ4n) is 1.26. The second-order valence-corrected chi connectivity index (χ2v) is 4.30. The zero-order chi connectivity index (χ0) is 12.7. The summed E-state index contributed by atoms with van der Waals surface area (Å²) in [4.78, 5) is 23.0. The maximum absolute atomic E-state index is 11.6. The van der Waals surface area contributed by atoms with Gasteiger partial charge >= 0.3 is 0 Å². The van der Waals surface area contributed by atoms with Crippen LogP contribution in [0.25, 0.3) is 0 Å². The van der Waals surface area contributed by atoms with Crippen molar-refractivity contribution >= 4 is 11.7 Å². The van der Waals surface area contributed by atoms with Gasteiger partial charge in [-0.3, -0.25) is 9.59 Å². The topological polar surface area (TPSA) is 92.4 Å². The van der Waals surface area contributed by atoms with E-state index in [1.54, 1.807) is 20.8 Å². The highest BCUT2D eigenvalue weighted by Crippen LogP contribution is 2.01. The van der Waals surface area contributed by atoms with Crippen molar-refractivity contribution in [2.24, 2.45) is 11.7 Å². The molecule has 0 spiro atoms. The zero-order valence-electron chi connectivity index (χ0n) is 10.2. The highest BCUT2D eigenvalue weighted by molar-refractivity contribution is 5.90. The summed E-state index contributed by atoms with van der Waals surface area (Å²) in [7, 11) is 0. The molecule has 94 valence electrons. The number of nitrogens with one attached hydrogen (secondary N) is 1. The van der Waals surface area contributed by atoms with Crippen molar-refractivity contribution in [2.45, 2.75) is 45.8 Å². The fraction of sp³-hybridized carbons (Fsp3) is 0.818. The third-order valence-corrected chi connectivity index (χ3v) is 2.27. The minimum absolute atomic E-state index is 0.0621. The summed E-state index contributed by atoms with van der Waals surface area (Å²) >= 11 is 0. The van der Waals surface area contributed by atoms with Gasteiger partial charge in [0.1, 0.15) is 0 Å². The van der Waals surface area contributed by atoms with E-state index in [1.165, 1.54) is 0 Å². The van der Waals surface area contributed by atoms with Crippen LogP contribution in [-0.4, -0.2) is 35.5 Å². The lowest BCUT2D eigenvalue weighted by molar-refractivity contribution is -0.129. The Kier molecular flexibility index (Phi) is 6.92. The molecule has 0 aromatic heterocycles. The standard InChI is InChI=1S/C11H22N2O3/c1-7(2)11(16)9(6-12)13-10(15)5-4-8(3)14/h7-9,14H,4-6,12H2,1-3H3,(H,13,15). The van der Waals surface area contributed by atoms with Crippen molar-refractivity contribution in [3.63, 3.8) is 0 Å². The normalized spacial score (nSPS) is 14.6. The van der Waals surface area contributed by atoms with Crippen molar-refractivity contribution < 1.29 is 14.7 Å². The molecule has 4 N–H and O–H groups in total. The van der Waals surface area contributed by atoms with Crippen LogP contribution in [0.4, 0.5) is 0 Å². The molecule has 0 aromatic carbocycles. The lowest BCUT2D eigenvalue weighted by Crippen LogP contribution is -2.47. The first-order chi connectivity index (χ1) is 7.38. The van der Waals surface area contributed by atoms with Crippen molar-refractivity contribution in [2.75, 3.05) is 6.54 Å². The number of Topliss-reactive ketones (excluding diaryl/α,β-unsaturated/α-hetero) is 1. The van der Waals surface area contributed by atoms with Crippen LogP contribution < -0.4 is 11.1 Å². The largest absolute Gasteiger partial charge is 0.393 e. The zero-order valence-corrected chi connectivity index (χ0v) is 10.2. The molecular formula is C11H22N2O3. The predicted molar refractivity (Wildman–Crippen MR) is 61.7 cm³/mol. The predicted octanol–water partition coefficient (Wildman–Crippen LogP) is -0.184. The minimum atomic E-state index is -0.610. The Morgan fingerprint density at radius 1 is 1.31 bits per heavy atom. The first-order valence-corrected chi connectivity index (χ1v) is 5.59. The molecule has 0 saturated heterocycles. The number of amides is 1. The van der Waals surface area contributed by atoms with Crippen LogP contribution in [-0.2, 0) is 9.59 Å². The number of carbonyl (C=O) groups excluding carboxylic acids is 2. The fourth-order valence-corrected chi connectivity index (χ4v) is 1.26. The van der Waals surface area contributed by atoms with E-state index in [4.69, 9.17) is 10.8 Å². The van der Waals surface area contributed by atoms with Gasteiger partial charge < -0.3 is 16.2 Å². The third kappa shape index (κ3) is 5.82. The van der Waals surface area contributed by atoms with Crippen LogP contribution in [0, 0.1) is 5.92 Å². The number of hydrogen-bond donors (Lipinski definition) is 3. The Balaban J connectivity index is 4.12. The van der Waals surface area contributed by atoms with Gasteiger partial charge in [0, 0.05) is 18.9 Å². The van der Waals surface area contributed by atoms with Gasteiger partial charge in [-0.25, -0.2) is 0 Å². The molecule has 0 bridgehead atoms. The van der Waals surface area contributed by atoms with Gasteiger partial charge in [0.15, 0.2) is 5.78 Å². The average Bonchev–Trinajstić information content (AvgIpc) is 2.21. The van der Waals surface area contributed by atoms with Crippen molar-refractivity contribution in [3.8, 4) is 0 Å². The molecule has 1 amide bonds. The molecule has 16 heavy (non-hydrogen) atoms. The summed E-state index contributed by atoms with van der Waals surface area (Å²) in [6.45, 7) is 5.27. The average molecular weight is 230 g/mol. The minimum Gasteiger partial charge on any atom is -0.393 e. The highest BCUT2D eigenvalue weighted by atomic mass is 16.3. The number of aliphatic hydroxyl groups excluding tert-OH is 1. The molecule has 2 atom stereocenters. The molecule has 0 saturated carbocycles. The quantitative estimate of drug-likeness (QED) is 0.565. The van der Waals surface area contributed by atoms with Crippen molar-refractivity contribution in [1.29, 1.82) is 0 Å². The number of ketones is 1. The number of aliphatic hydroxyl groups is 1. The number of nitrogens with two attached hydrogens (primary N) is 1. The van der Waals surface area contributed by atoms with E-state index in [1.807, 2.05) is 0 Å². The van der Waals surface area contributed by atoms with E-state index in [2.05, 4.69) is 5.32 Å². The Morgan fingerprint density at radius 2 is 1.88 bits per heavy atom. The van der Waals surface area contributed by atoms with Crippen LogP contribution in [0.1, 0.15) is 33.6 Å². The second kappa shape index (κ2) is 7.35. The Morgan fingerprint density at radius 3 is 2.25 bits per heavy atom. The molecule has 5 heteroatoms. The van der Waals surface area contributed by atoms with E-state index >= 15 is 0 Å². The first kappa shape index (κ1) is 15.1. The molecular weight excluding hydrogens is 208 g/mol. The van der Waals surface area contributed by atoms with Crippen molar-refractivity contribution in [1.82, 2.24) is 5.32 Å². The molecule has 0 aromatic rings. The summed E-state index contributed by atoms with van der Waals surface area (Å²) in [6.07, 6.45) is 0.0845. The SMILES string of the molecule is CC(O)CCC(=O)NC(CN)C(=O)C(C)C. The summed E-state index contributed by atoms with van der Waals surface area (Å²) in [5.41, 5.74) is 5.43. The van der Waals surface area contributed by atoms with Crippen LogP contribution in [0.2, 0.25) is 0 Å². The molecule has 5 nitrogen and oxygen atoms in total. The Hall–Kier alpha value is -0.940. The summed E-state index contributed by atoms with van der Waals surface area (Å²) in [5, 5.41) is 11.6. The van der Waals surface area contributed by atoms with E-state index < -0.39 is 12.1 Å². The maximum atomic E-state index is 11.6. The van der Waals surface area contributed by atoms with Crippen LogP contribution in [0.15, 0.2) is 0 Å². The summed E-state index contributed by atoms with van der Waals surface area (Å²) in [5.74, 6) is -0.455. The van der Waals surface area contributed by atoms with Crippen LogP contribution >= 0.6 is 0 Å². The molecule has 0 aliphatic carbocycles. The Bertz CT molecular complexity index is 239. The first-order valence-electron chi connectivity index (χ1n) is 5.59. The van der Waals surface area contributed by atoms with Crippen LogP contribution in [0.3, 0.4) is 0 Å². The van der Waals surface area contributed by atoms with Gasteiger partial charge in [-0.2, -0.15) is 0 Å². The van der Waals surface area contributed by atoms with E-state index in [0.29, 0.717) is 6.42 Å². The molecule has 0 radical (unpaired) electrons. The Labute approximate surface area is 96.4 Å². The molecule has 0 fully saturated rings. The third-order valence-electron chi connectivity index (χ3n) is 2.27. The molecule has 0 aliphatic rings. The lowest BCUT2D eigenvalue weighted by Gasteiger charge is -2.17. The smallest absolute Gasteiger partial charge is 0.220 e. The number of carbonyl (C=O) groups is 2. The van der Waals surface area contributed by atoms with E-state index in [0.717, 1.165) is 0 Å². The van der Waals surface area contributed by atoms with Gasteiger partial charge in [-0.1, -0.05) is 13.8 Å². The van der Waals surface area contributed by atoms with Crippen molar-refractivity contribution in [3.05, 3.63) is 0 Å². The maximum Gasteiger partial charge on any atom is 0.220 e. The van der Waals surface area contributed by atoms with Gasteiger partial charge in [-0.15, -0.1) is 0 Å². The van der Waals surface area contributed by atoms with Crippen LogP contribution in [0.5, 0.6) is 0 Å². The summed E-state index contributed by atoms with van der Waals surface area (Å²) in [6, 6.07) is -0.610. The second-order valence-electron chi connectivity index (χ2n) is 4.30. The molecule has 0 aliphatic heterocycles. The van der Waals surface area contributed by atoms with Gasteiger partial charge in [0.05, 0.1) is 12.1 Å². The number of rotatable bonds is 7. The van der Waals surface area contributed by atoms with Gasteiger partial charge in [0.25, 0.3) is 0 Å². The lowest BCUT2D eigenvalue weighted by atomic mass is 10.0. The summed E-state index contributed by atoms with van der Waals surface area (Å²) < 4.78 is 0. The van der Waals surface area contributed by atoms with Gasteiger partial charge in [0.2, 0.25) is 5.91 Å². The monoisotopic (exact) mass is 230 g/mol. The molecule has 0 heterocycles. The molecule has 2 unspecified atom stereocenters.